The minimum Gasteiger partial charge on any atom is -0.493 e. The fourth-order valence-corrected chi connectivity index (χ4v) is 5.90. The summed E-state index contributed by atoms with van der Waals surface area (Å²) in [5.41, 5.74) is 1.70. The molecule has 1 aromatic heterocycles. The van der Waals surface area contributed by atoms with Gasteiger partial charge in [0.1, 0.15) is 6.04 Å². The molecule has 0 aliphatic carbocycles. The van der Waals surface area contributed by atoms with E-state index < -0.39 is 16.1 Å². The number of hydrogen-bond donors (Lipinski definition) is 1. The molecule has 1 amide bonds. The van der Waals surface area contributed by atoms with Crippen molar-refractivity contribution < 1.29 is 22.7 Å². The lowest BCUT2D eigenvalue weighted by Gasteiger charge is -2.26. The molecule has 2 aromatic carbocycles. The third-order valence-electron chi connectivity index (χ3n) is 6.36. The predicted molar refractivity (Wildman–Crippen MR) is 131 cm³/mol. The van der Waals surface area contributed by atoms with E-state index in [0.717, 1.165) is 35.7 Å². The highest BCUT2D eigenvalue weighted by atomic mass is 32.2. The summed E-state index contributed by atoms with van der Waals surface area (Å²) in [4.78, 5) is 13.2. The summed E-state index contributed by atoms with van der Waals surface area (Å²) in [7, 11) is -0.355. The average molecular weight is 486 g/mol. The lowest BCUT2D eigenvalue weighted by atomic mass is 10.2. The van der Waals surface area contributed by atoms with E-state index in [2.05, 4.69) is 5.32 Å². The quantitative estimate of drug-likeness (QED) is 0.525. The Hall–Kier alpha value is -3.04. The van der Waals surface area contributed by atoms with Gasteiger partial charge in [0.25, 0.3) is 0 Å². The fourth-order valence-electron chi connectivity index (χ4n) is 4.35. The molecule has 8 nitrogen and oxygen atoms in total. The van der Waals surface area contributed by atoms with Crippen LogP contribution in [0, 0.1) is 0 Å². The van der Waals surface area contributed by atoms with Crippen molar-refractivity contribution in [3.8, 4) is 11.5 Å². The first-order valence-corrected chi connectivity index (χ1v) is 12.9. The van der Waals surface area contributed by atoms with Gasteiger partial charge in [0.05, 0.1) is 19.1 Å². The molecule has 0 bridgehead atoms. The molecule has 34 heavy (non-hydrogen) atoms. The molecule has 1 aliphatic heterocycles. The molecular formula is C25H31N3O5S. The molecule has 0 saturated carbocycles. The number of sulfonamides is 1. The van der Waals surface area contributed by atoms with Crippen molar-refractivity contribution >= 4 is 26.8 Å². The summed E-state index contributed by atoms with van der Waals surface area (Å²) in [6.45, 7) is 3.31. The van der Waals surface area contributed by atoms with Crippen LogP contribution in [0.2, 0.25) is 0 Å². The van der Waals surface area contributed by atoms with Crippen LogP contribution < -0.4 is 14.8 Å². The summed E-state index contributed by atoms with van der Waals surface area (Å²) in [6.07, 6.45) is 4.68. The van der Waals surface area contributed by atoms with Crippen LogP contribution in [-0.2, 0) is 21.4 Å². The van der Waals surface area contributed by atoms with Gasteiger partial charge in [-0.15, -0.1) is 0 Å². The maximum absolute atomic E-state index is 13.0. The molecule has 1 saturated heterocycles. The number of fused-ring (bicyclic) bond motifs is 1. The minimum absolute atomic E-state index is 0.141. The molecule has 0 spiro atoms. The fraction of sp³-hybridized carbons (Fsp3) is 0.400. The van der Waals surface area contributed by atoms with E-state index in [1.807, 2.05) is 35.9 Å². The van der Waals surface area contributed by atoms with Crippen LogP contribution in [0.3, 0.4) is 0 Å². The molecule has 1 N–H and O–H groups in total. The molecule has 0 radical (unpaired) electrons. The number of benzene rings is 2. The van der Waals surface area contributed by atoms with E-state index in [-0.39, 0.29) is 5.91 Å². The van der Waals surface area contributed by atoms with Crippen molar-refractivity contribution in [2.24, 2.45) is 0 Å². The number of nitrogens with one attached hydrogen (secondary N) is 1. The van der Waals surface area contributed by atoms with Crippen molar-refractivity contribution in [2.75, 3.05) is 27.3 Å². The van der Waals surface area contributed by atoms with Gasteiger partial charge >= 0.3 is 0 Å². The second-order valence-corrected chi connectivity index (χ2v) is 10.4. The Balaban J connectivity index is 1.48. The highest BCUT2D eigenvalue weighted by Gasteiger charge is 2.26. The maximum Gasteiger partial charge on any atom is 0.243 e. The number of carbonyl (C=O) groups excluding carboxylic acids is 1. The Morgan fingerprint density at radius 1 is 1.00 bits per heavy atom. The zero-order chi connectivity index (χ0) is 24.3. The minimum atomic E-state index is -3.51. The highest BCUT2D eigenvalue weighted by molar-refractivity contribution is 7.89. The second kappa shape index (κ2) is 10.1. The summed E-state index contributed by atoms with van der Waals surface area (Å²) in [5, 5.41) is 3.75. The lowest BCUT2D eigenvalue weighted by Crippen LogP contribution is -2.35. The Morgan fingerprint density at radius 2 is 1.74 bits per heavy atom. The highest BCUT2D eigenvalue weighted by Crippen LogP contribution is 2.28. The Labute approximate surface area is 200 Å². The second-order valence-electron chi connectivity index (χ2n) is 8.49. The van der Waals surface area contributed by atoms with E-state index in [1.54, 1.807) is 42.8 Å². The van der Waals surface area contributed by atoms with Crippen LogP contribution in [-0.4, -0.2) is 50.5 Å². The van der Waals surface area contributed by atoms with Crippen molar-refractivity contribution in [3.63, 3.8) is 0 Å². The Morgan fingerprint density at radius 3 is 2.44 bits per heavy atom. The number of rotatable bonds is 8. The third-order valence-corrected chi connectivity index (χ3v) is 8.25. The number of piperidine rings is 1. The van der Waals surface area contributed by atoms with Gasteiger partial charge in [-0.3, -0.25) is 4.79 Å². The van der Waals surface area contributed by atoms with Crippen LogP contribution in [0.5, 0.6) is 11.5 Å². The van der Waals surface area contributed by atoms with Crippen molar-refractivity contribution in [1.29, 1.82) is 0 Å². The largest absolute Gasteiger partial charge is 0.493 e. The number of ether oxygens (including phenoxy) is 2. The van der Waals surface area contributed by atoms with E-state index in [1.165, 1.54) is 0 Å². The molecule has 2 heterocycles. The number of hydrogen-bond acceptors (Lipinski definition) is 5. The number of carbonyl (C=O) groups is 1. The van der Waals surface area contributed by atoms with Crippen molar-refractivity contribution in [2.45, 2.75) is 43.7 Å². The summed E-state index contributed by atoms with van der Waals surface area (Å²) >= 11 is 0. The molecule has 1 unspecified atom stereocenters. The van der Waals surface area contributed by atoms with Gasteiger partial charge in [-0.2, -0.15) is 4.31 Å². The van der Waals surface area contributed by atoms with Crippen LogP contribution in [0.4, 0.5) is 0 Å². The Bertz CT molecular complexity index is 1280. The molecular weight excluding hydrogens is 454 g/mol. The summed E-state index contributed by atoms with van der Waals surface area (Å²) in [6, 6.07) is 12.0. The van der Waals surface area contributed by atoms with Gasteiger partial charge in [-0.1, -0.05) is 12.5 Å². The first-order chi connectivity index (χ1) is 16.3. The van der Waals surface area contributed by atoms with Gasteiger partial charge in [0.15, 0.2) is 11.5 Å². The van der Waals surface area contributed by atoms with Gasteiger partial charge in [0.2, 0.25) is 15.9 Å². The SMILES string of the molecule is COc1ccc(CNC(=O)C(C)n2ccc3cc(S(=O)(=O)N4CCCCC4)ccc32)cc1OC. The van der Waals surface area contributed by atoms with Crippen LogP contribution in [0.25, 0.3) is 10.9 Å². The van der Waals surface area contributed by atoms with E-state index in [4.69, 9.17) is 9.47 Å². The van der Waals surface area contributed by atoms with Crippen LogP contribution in [0.15, 0.2) is 53.6 Å². The topological polar surface area (TPSA) is 89.9 Å². The number of amides is 1. The molecule has 1 aliphatic rings. The number of nitrogens with zero attached hydrogens (tertiary/aromatic N) is 2. The molecule has 182 valence electrons. The normalized spacial score (nSPS) is 15.7. The van der Waals surface area contributed by atoms with E-state index >= 15 is 0 Å². The monoisotopic (exact) mass is 485 g/mol. The van der Waals surface area contributed by atoms with Crippen molar-refractivity contribution in [3.05, 3.63) is 54.2 Å². The molecule has 1 fully saturated rings. The third kappa shape index (κ3) is 4.76. The van der Waals surface area contributed by atoms with E-state index in [0.29, 0.717) is 36.0 Å². The molecule has 3 aromatic rings. The van der Waals surface area contributed by atoms with Gasteiger partial charge < -0.3 is 19.4 Å². The average Bonchev–Trinajstić information content (AvgIpc) is 3.30. The van der Waals surface area contributed by atoms with Gasteiger partial charge in [0, 0.05) is 36.7 Å². The Kier molecular flexibility index (Phi) is 7.13. The van der Waals surface area contributed by atoms with Gasteiger partial charge in [-0.25, -0.2) is 8.42 Å². The van der Waals surface area contributed by atoms with Crippen LogP contribution >= 0.6 is 0 Å². The first kappa shape index (κ1) is 24.1. The van der Waals surface area contributed by atoms with Crippen molar-refractivity contribution in [1.82, 2.24) is 14.2 Å². The first-order valence-electron chi connectivity index (χ1n) is 11.4. The molecule has 1 atom stereocenters. The van der Waals surface area contributed by atoms with Crippen LogP contribution in [0.1, 0.15) is 37.8 Å². The standard InChI is InChI=1S/C25H31N3O5S/c1-18(25(29)26-17-19-7-10-23(32-2)24(15-19)33-3)28-14-11-20-16-21(8-9-22(20)28)34(30,31)27-12-5-4-6-13-27/h7-11,14-16,18H,4-6,12-13,17H2,1-3H3,(H,26,29). The molecule has 4 rings (SSSR count). The molecule has 9 heteroatoms. The summed E-state index contributed by atoms with van der Waals surface area (Å²) < 4.78 is 40.0. The number of methoxy groups -OCH3 is 2. The number of aromatic nitrogens is 1. The lowest BCUT2D eigenvalue weighted by molar-refractivity contribution is -0.123. The smallest absolute Gasteiger partial charge is 0.243 e. The van der Waals surface area contributed by atoms with Gasteiger partial charge in [-0.05, 0) is 61.7 Å². The van der Waals surface area contributed by atoms with E-state index in [9.17, 15) is 13.2 Å². The predicted octanol–water partition coefficient (Wildman–Crippen LogP) is 3.71. The maximum atomic E-state index is 13.0. The zero-order valence-corrected chi connectivity index (χ0v) is 20.6. The zero-order valence-electron chi connectivity index (χ0n) is 19.8. The summed E-state index contributed by atoms with van der Waals surface area (Å²) in [5.74, 6) is 1.10.